The van der Waals surface area contributed by atoms with Crippen molar-refractivity contribution in [3.8, 4) is 17.2 Å². The number of benzene rings is 2. The standard InChI is InChI=1S/C21H22N2O5/c1-23-14-18(19(24)21(23)26)20(25)22-11-6-12-27-16-9-5-10-17(13-16)28-15-7-3-2-4-8-15/h2-5,7-10,13,18H,6,11-12,14H2,1H3,(H,22,25). The number of carbonyl (C=O) groups is 3. The molecule has 1 heterocycles. The molecule has 1 unspecified atom stereocenters. The average molecular weight is 382 g/mol. The molecule has 1 N–H and O–H groups in total. The third-order valence-corrected chi connectivity index (χ3v) is 4.32. The first-order chi connectivity index (χ1) is 13.5. The van der Waals surface area contributed by atoms with Crippen LogP contribution in [0.2, 0.25) is 0 Å². The van der Waals surface area contributed by atoms with Crippen LogP contribution >= 0.6 is 0 Å². The predicted octanol–water partition coefficient (Wildman–Crippen LogP) is 2.02. The second-order valence-electron chi connectivity index (χ2n) is 6.49. The number of rotatable bonds is 8. The van der Waals surface area contributed by atoms with Crippen LogP contribution in [0.4, 0.5) is 0 Å². The highest BCUT2D eigenvalue weighted by atomic mass is 16.5. The molecule has 0 saturated carbocycles. The van der Waals surface area contributed by atoms with Gasteiger partial charge in [0.15, 0.2) is 0 Å². The topological polar surface area (TPSA) is 84.9 Å². The number of likely N-dealkylation sites (tertiary alicyclic amines) is 1. The fourth-order valence-corrected chi connectivity index (χ4v) is 2.83. The van der Waals surface area contributed by atoms with E-state index in [9.17, 15) is 14.4 Å². The van der Waals surface area contributed by atoms with Crippen molar-refractivity contribution < 1.29 is 23.9 Å². The minimum Gasteiger partial charge on any atom is -0.493 e. The molecule has 3 rings (SSSR count). The average Bonchev–Trinajstić information content (AvgIpc) is 2.96. The molecule has 2 aromatic rings. The maximum absolute atomic E-state index is 12.0. The van der Waals surface area contributed by atoms with Gasteiger partial charge in [-0.05, 0) is 30.7 Å². The van der Waals surface area contributed by atoms with Crippen LogP contribution in [-0.2, 0) is 14.4 Å². The Hall–Kier alpha value is -3.35. The molecular weight excluding hydrogens is 360 g/mol. The summed E-state index contributed by atoms with van der Waals surface area (Å²) in [6.45, 7) is 0.890. The van der Waals surface area contributed by atoms with Crippen molar-refractivity contribution in [2.45, 2.75) is 6.42 Å². The first-order valence-corrected chi connectivity index (χ1v) is 9.07. The van der Waals surface area contributed by atoms with Crippen molar-refractivity contribution in [2.75, 3.05) is 26.7 Å². The molecule has 2 amide bonds. The normalized spacial score (nSPS) is 16.2. The van der Waals surface area contributed by atoms with Crippen LogP contribution in [0.1, 0.15) is 6.42 Å². The van der Waals surface area contributed by atoms with E-state index in [0.717, 1.165) is 5.75 Å². The number of likely N-dealkylation sites (N-methyl/N-ethyl adjacent to an activating group) is 1. The zero-order valence-electron chi connectivity index (χ0n) is 15.6. The molecule has 7 heteroatoms. The zero-order valence-corrected chi connectivity index (χ0v) is 15.6. The summed E-state index contributed by atoms with van der Waals surface area (Å²) in [6.07, 6.45) is 0.570. The van der Waals surface area contributed by atoms with E-state index in [1.54, 1.807) is 6.07 Å². The first kappa shape index (κ1) is 19.4. The minimum absolute atomic E-state index is 0.133. The van der Waals surface area contributed by atoms with Crippen LogP contribution in [0.5, 0.6) is 17.2 Å². The monoisotopic (exact) mass is 382 g/mol. The van der Waals surface area contributed by atoms with Crippen LogP contribution in [0, 0.1) is 5.92 Å². The molecular formula is C21H22N2O5. The predicted molar refractivity (Wildman–Crippen MR) is 102 cm³/mol. The number of Topliss-reactive ketones (excluding diaryl/α,β-unsaturated/α-hetero) is 1. The highest BCUT2D eigenvalue weighted by molar-refractivity contribution is 6.42. The van der Waals surface area contributed by atoms with Crippen LogP contribution in [-0.4, -0.2) is 49.2 Å². The maximum atomic E-state index is 12.0. The van der Waals surface area contributed by atoms with Crippen molar-refractivity contribution in [1.82, 2.24) is 10.2 Å². The smallest absolute Gasteiger partial charge is 0.290 e. The number of nitrogens with zero attached hydrogens (tertiary/aromatic N) is 1. The van der Waals surface area contributed by atoms with Gasteiger partial charge >= 0.3 is 0 Å². The van der Waals surface area contributed by atoms with Crippen molar-refractivity contribution in [3.63, 3.8) is 0 Å². The molecule has 1 aliphatic heterocycles. The Kier molecular flexibility index (Phi) is 6.26. The molecule has 2 aromatic carbocycles. The fourth-order valence-electron chi connectivity index (χ4n) is 2.83. The van der Waals surface area contributed by atoms with Crippen LogP contribution in [0.3, 0.4) is 0 Å². The lowest BCUT2D eigenvalue weighted by Gasteiger charge is -2.11. The Bertz CT molecular complexity index is 853. The van der Waals surface area contributed by atoms with Gasteiger partial charge in [-0.25, -0.2) is 0 Å². The second kappa shape index (κ2) is 9.03. The molecule has 0 radical (unpaired) electrons. The van der Waals surface area contributed by atoms with Gasteiger partial charge in [-0.3, -0.25) is 14.4 Å². The highest BCUT2D eigenvalue weighted by Gasteiger charge is 2.41. The lowest BCUT2D eigenvalue weighted by Crippen LogP contribution is -2.36. The molecule has 0 aliphatic carbocycles. The fraction of sp³-hybridized carbons (Fsp3) is 0.286. The highest BCUT2D eigenvalue weighted by Crippen LogP contribution is 2.25. The lowest BCUT2D eigenvalue weighted by atomic mass is 10.1. The summed E-state index contributed by atoms with van der Waals surface area (Å²) in [7, 11) is 1.51. The van der Waals surface area contributed by atoms with Gasteiger partial charge in [-0.1, -0.05) is 24.3 Å². The number of hydrogen-bond donors (Lipinski definition) is 1. The Morgan fingerprint density at radius 3 is 2.50 bits per heavy atom. The Balaban J connectivity index is 1.40. The minimum atomic E-state index is -0.912. The molecule has 1 atom stereocenters. The number of carbonyl (C=O) groups excluding carboxylic acids is 3. The van der Waals surface area contributed by atoms with Gasteiger partial charge < -0.3 is 19.7 Å². The van der Waals surface area contributed by atoms with E-state index in [4.69, 9.17) is 9.47 Å². The SMILES string of the molecule is CN1CC(C(=O)NCCCOc2cccc(Oc3ccccc3)c2)C(=O)C1=O. The molecule has 0 bridgehead atoms. The molecule has 28 heavy (non-hydrogen) atoms. The molecule has 1 saturated heterocycles. The van der Waals surface area contributed by atoms with Gasteiger partial charge in [-0.2, -0.15) is 0 Å². The van der Waals surface area contributed by atoms with Crippen molar-refractivity contribution in [1.29, 1.82) is 0 Å². The van der Waals surface area contributed by atoms with E-state index < -0.39 is 23.5 Å². The van der Waals surface area contributed by atoms with Gasteiger partial charge in [-0.15, -0.1) is 0 Å². The second-order valence-corrected chi connectivity index (χ2v) is 6.49. The van der Waals surface area contributed by atoms with Crippen molar-refractivity contribution >= 4 is 17.6 Å². The summed E-state index contributed by atoms with van der Waals surface area (Å²) >= 11 is 0. The van der Waals surface area contributed by atoms with Crippen LogP contribution in [0.25, 0.3) is 0 Å². The number of ketones is 1. The third kappa shape index (κ3) is 4.88. The largest absolute Gasteiger partial charge is 0.493 e. The summed E-state index contributed by atoms with van der Waals surface area (Å²) in [6, 6.07) is 16.8. The third-order valence-electron chi connectivity index (χ3n) is 4.32. The summed E-state index contributed by atoms with van der Waals surface area (Å²) in [4.78, 5) is 36.5. The van der Waals surface area contributed by atoms with Gasteiger partial charge in [0.25, 0.3) is 5.91 Å². The number of ether oxygens (including phenoxy) is 2. The Morgan fingerprint density at radius 1 is 1.07 bits per heavy atom. The van der Waals surface area contributed by atoms with Gasteiger partial charge in [0.05, 0.1) is 6.61 Å². The van der Waals surface area contributed by atoms with E-state index in [2.05, 4.69) is 5.32 Å². The van der Waals surface area contributed by atoms with Crippen LogP contribution < -0.4 is 14.8 Å². The zero-order chi connectivity index (χ0) is 19.9. The number of hydrogen-bond acceptors (Lipinski definition) is 5. The quantitative estimate of drug-likeness (QED) is 0.429. The van der Waals surface area contributed by atoms with Gasteiger partial charge in [0, 0.05) is 26.2 Å². The first-order valence-electron chi connectivity index (χ1n) is 9.07. The van der Waals surface area contributed by atoms with E-state index >= 15 is 0 Å². The molecule has 1 aliphatic rings. The van der Waals surface area contributed by atoms with E-state index in [1.807, 2.05) is 48.5 Å². The van der Waals surface area contributed by atoms with E-state index in [-0.39, 0.29) is 6.54 Å². The van der Waals surface area contributed by atoms with Crippen molar-refractivity contribution in [3.05, 3.63) is 54.6 Å². The maximum Gasteiger partial charge on any atom is 0.290 e. The molecule has 1 fully saturated rings. The van der Waals surface area contributed by atoms with Crippen molar-refractivity contribution in [2.24, 2.45) is 5.92 Å². The molecule has 0 aromatic heterocycles. The Morgan fingerprint density at radius 2 is 1.79 bits per heavy atom. The van der Waals surface area contributed by atoms with Crippen LogP contribution in [0.15, 0.2) is 54.6 Å². The molecule has 0 spiro atoms. The lowest BCUT2D eigenvalue weighted by molar-refractivity contribution is -0.142. The van der Waals surface area contributed by atoms with E-state index in [0.29, 0.717) is 31.1 Å². The number of amides is 2. The number of para-hydroxylation sites is 1. The number of nitrogens with one attached hydrogen (secondary N) is 1. The summed E-state index contributed by atoms with van der Waals surface area (Å²) < 4.78 is 11.4. The Labute approximate surface area is 163 Å². The van der Waals surface area contributed by atoms with Gasteiger partial charge in [0.1, 0.15) is 23.2 Å². The molecule has 7 nitrogen and oxygen atoms in total. The summed E-state index contributed by atoms with van der Waals surface area (Å²) in [5.74, 6) is -0.504. The van der Waals surface area contributed by atoms with Gasteiger partial charge in [0.2, 0.25) is 11.7 Å². The molecule has 146 valence electrons. The summed E-state index contributed by atoms with van der Waals surface area (Å²) in [5.41, 5.74) is 0. The van der Waals surface area contributed by atoms with E-state index in [1.165, 1.54) is 11.9 Å². The summed E-state index contributed by atoms with van der Waals surface area (Å²) in [5, 5.41) is 2.68.